The van der Waals surface area contributed by atoms with Gasteiger partial charge in [0.05, 0.1) is 6.10 Å². The Hall–Kier alpha value is -0.370. The molecule has 0 bridgehead atoms. The van der Waals surface area contributed by atoms with Crippen molar-refractivity contribution in [3.63, 3.8) is 0 Å². The van der Waals surface area contributed by atoms with Gasteiger partial charge < -0.3 is 5.11 Å². The molecule has 0 heterocycles. The highest BCUT2D eigenvalue weighted by Crippen LogP contribution is 2.40. The van der Waals surface area contributed by atoms with Gasteiger partial charge in [-0.25, -0.2) is 0 Å². The van der Waals surface area contributed by atoms with Gasteiger partial charge in [-0.15, -0.1) is 0 Å². The molecule has 0 aromatic heterocycles. The first-order valence-electron chi connectivity index (χ1n) is 7.80. The molecule has 2 nitrogen and oxygen atoms in total. The first-order valence-corrected chi connectivity index (χ1v) is 7.80. The maximum Gasteiger partial charge on any atom is 0.136 e. The zero-order valence-corrected chi connectivity index (χ0v) is 11.9. The van der Waals surface area contributed by atoms with Crippen LogP contribution >= 0.6 is 0 Å². The molecule has 2 aliphatic carbocycles. The lowest BCUT2D eigenvalue weighted by atomic mass is 9.68. The van der Waals surface area contributed by atoms with E-state index in [-0.39, 0.29) is 17.9 Å². The summed E-state index contributed by atoms with van der Waals surface area (Å²) in [6.45, 7) is 4.53. The molecule has 1 N–H and O–H groups in total. The molecule has 18 heavy (non-hydrogen) atoms. The van der Waals surface area contributed by atoms with Crippen molar-refractivity contribution in [2.75, 3.05) is 0 Å². The van der Waals surface area contributed by atoms with E-state index >= 15 is 0 Å². The number of ketones is 1. The molecule has 104 valence electrons. The number of hydrogen-bond acceptors (Lipinski definition) is 2. The molecule has 0 aromatic carbocycles. The maximum absolute atomic E-state index is 12.2. The van der Waals surface area contributed by atoms with Gasteiger partial charge in [-0.3, -0.25) is 4.79 Å². The molecular weight excluding hydrogens is 224 g/mol. The van der Waals surface area contributed by atoms with Crippen LogP contribution in [0.4, 0.5) is 0 Å². The third kappa shape index (κ3) is 3.14. The van der Waals surface area contributed by atoms with Crippen molar-refractivity contribution in [2.24, 2.45) is 23.7 Å². The number of carbonyl (C=O) groups excluding carboxylic acids is 1. The topological polar surface area (TPSA) is 37.3 Å². The molecule has 2 fully saturated rings. The molecule has 2 aliphatic rings. The van der Waals surface area contributed by atoms with E-state index in [1.165, 1.54) is 12.8 Å². The second-order valence-corrected chi connectivity index (χ2v) is 6.72. The normalized spacial score (nSPS) is 38.8. The minimum Gasteiger partial charge on any atom is -0.393 e. The van der Waals surface area contributed by atoms with E-state index in [0.717, 1.165) is 38.5 Å². The van der Waals surface area contributed by atoms with Crippen LogP contribution in [-0.4, -0.2) is 17.0 Å². The fourth-order valence-electron chi connectivity index (χ4n) is 3.89. The number of Topliss-reactive ketones (excluding diaryl/α,β-unsaturated/α-hetero) is 1. The number of hydrogen-bond donors (Lipinski definition) is 1. The molecule has 4 unspecified atom stereocenters. The minimum atomic E-state index is -0.229. The Morgan fingerprint density at radius 1 is 1.11 bits per heavy atom. The van der Waals surface area contributed by atoms with Crippen molar-refractivity contribution in [1.82, 2.24) is 0 Å². The molecule has 0 radical (unpaired) electrons. The third-order valence-electron chi connectivity index (χ3n) is 5.22. The summed E-state index contributed by atoms with van der Waals surface area (Å²) in [5.41, 5.74) is 0. The van der Waals surface area contributed by atoms with Crippen molar-refractivity contribution < 1.29 is 9.90 Å². The standard InChI is InChI=1S/C16H28O2/c1-11(2)12-8-9-16(18)14(10-12)13-6-4-3-5-7-15(13)17/h11-15,17H,3-10H2,1-2H3. The lowest BCUT2D eigenvalue weighted by Crippen LogP contribution is -2.37. The highest BCUT2D eigenvalue weighted by atomic mass is 16.3. The van der Waals surface area contributed by atoms with Gasteiger partial charge in [0.1, 0.15) is 5.78 Å². The summed E-state index contributed by atoms with van der Waals surface area (Å²) in [5, 5.41) is 10.3. The Morgan fingerprint density at radius 3 is 2.56 bits per heavy atom. The van der Waals surface area contributed by atoms with Crippen molar-refractivity contribution in [3.05, 3.63) is 0 Å². The smallest absolute Gasteiger partial charge is 0.136 e. The molecule has 2 saturated carbocycles. The fraction of sp³-hybridized carbons (Fsp3) is 0.938. The van der Waals surface area contributed by atoms with Crippen LogP contribution in [-0.2, 0) is 4.79 Å². The molecule has 2 heteroatoms. The highest BCUT2D eigenvalue weighted by molar-refractivity contribution is 5.82. The Labute approximate surface area is 111 Å². The summed E-state index contributed by atoms with van der Waals surface area (Å²) < 4.78 is 0. The van der Waals surface area contributed by atoms with Gasteiger partial charge in [0.2, 0.25) is 0 Å². The number of aliphatic hydroxyl groups is 1. The summed E-state index contributed by atoms with van der Waals surface area (Å²) >= 11 is 0. The monoisotopic (exact) mass is 252 g/mol. The lowest BCUT2D eigenvalue weighted by molar-refractivity contribution is -0.130. The van der Waals surface area contributed by atoms with Crippen LogP contribution in [0.2, 0.25) is 0 Å². The van der Waals surface area contributed by atoms with Crippen LogP contribution in [0.15, 0.2) is 0 Å². The Balaban J connectivity index is 2.05. The summed E-state index contributed by atoms with van der Waals surface area (Å²) in [6, 6.07) is 0. The predicted octanol–water partition coefficient (Wildman–Crippen LogP) is 3.57. The van der Waals surface area contributed by atoms with E-state index in [9.17, 15) is 9.90 Å². The van der Waals surface area contributed by atoms with Crippen LogP contribution in [0.25, 0.3) is 0 Å². The second-order valence-electron chi connectivity index (χ2n) is 6.72. The molecular formula is C16H28O2. The number of aliphatic hydroxyl groups excluding tert-OH is 1. The van der Waals surface area contributed by atoms with E-state index in [2.05, 4.69) is 13.8 Å². The Kier molecular flexibility index (Phi) is 4.83. The van der Waals surface area contributed by atoms with E-state index < -0.39 is 0 Å². The zero-order valence-electron chi connectivity index (χ0n) is 11.9. The Morgan fingerprint density at radius 2 is 1.83 bits per heavy atom. The molecule has 0 aliphatic heterocycles. The average molecular weight is 252 g/mol. The molecule has 2 rings (SSSR count). The fourth-order valence-corrected chi connectivity index (χ4v) is 3.89. The van der Waals surface area contributed by atoms with Crippen LogP contribution in [0.5, 0.6) is 0 Å². The summed E-state index contributed by atoms with van der Waals surface area (Å²) in [5.74, 6) is 2.19. The molecule has 4 atom stereocenters. The van der Waals surface area contributed by atoms with Gasteiger partial charge in [-0.05, 0) is 43.4 Å². The minimum absolute atomic E-state index is 0.152. The predicted molar refractivity (Wildman–Crippen MR) is 73.3 cm³/mol. The second kappa shape index (κ2) is 6.18. The third-order valence-corrected chi connectivity index (χ3v) is 5.22. The zero-order chi connectivity index (χ0) is 13.1. The maximum atomic E-state index is 12.2. The van der Waals surface area contributed by atoms with Gasteiger partial charge in [-0.2, -0.15) is 0 Å². The molecule has 0 aromatic rings. The van der Waals surface area contributed by atoms with Crippen LogP contribution in [0.1, 0.15) is 65.2 Å². The van der Waals surface area contributed by atoms with Crippen LogP contribution < -0.4 is 0 Å². The van der Waals surface area contributed by atoms with Crippen LogP contribution in [0.3, 0.4) is 0 Å². The van der Waals surface area contributed by atoms with E-state index in [4.69, 9.17) is 0 Å². The SMILES string of the molecule is CC(C)C1CCC(=O)C(C2CCCCCC2O)C1. The molecule has 0 spiro atoms. The highest BCUT2D eigenvalue weighted by Gasteiger charge is 2.38. The van der Waals surface area contributed by atoms with E-state index in [0.29, 0.717) is 17.6 Å². The van der Waals surface area contributed by atoms with Gasteiger partial charge in [-0.1, -0.05) is 33.1 Å². The molecule has 0 amide bonds. The van der Waals surface area contributed by atoms with E-state index in [1.807, 2.05) is 0 Å². The van der Waals surface area contributed by atoms with E-state index in [1.54, 1.807) is 0 Å². The van der Waals surface area contributed by atoms with Gasteiger partial charge in [0, 0.05) is 12.3 Å². The quantitative estimate of drug-likeness (QED) is 0.763. The van der Waals surface area contributed by atoms with Gasteiger partial charge in [0.15, 0.2) is 0 Å². The van der Waals surface area contributed by atoms with Crippen molar-refractivity contribution in [2.45, 2.75) is 71.3 Å². The number of rotatable bonds is 2. The van der Waals surface area contributed by atoms with Gasteiger partial charge >= 0.3 is 0 Å². The van der Waals surface area contributed by atoms with Gasteiger partial charge in [0.25, 0.3) is 0 Å². The van der Waals surface area contributed by atoms with Crippen molar-refractivity contribution in [3.8, 4) is 0 Å². The van der Waals surface area contributed by atoms with Crippen molar-refractivity contribution in [1.29, 1.82) is 0 Å². The molecule has 0 saturated heterocycles. The number of carbonyl (C=O) groups is 1. The summed E-state index contributed by atoms with van der Waals surface area (Å²) in [4.78, 5) is 12.2. The lowest BCUT2D eigenvalue weighted by Gasteiger charge is -2.36. The Bertz CT molecular complexity index is 285. The first kappa shape index (κ1) is 14.0. The summed E-state index contributed by atoms with van der Waals surface area (Å²) in [7, 11) is 0. The van der Waals surface area contributed by atoms with Crippen molar-refractivity contribution >= 4 is 5.78 Å². The largest absolute Gasteiger partial charge is 0.393 e. The van der Waals surface area contributed by atoms with Crippen LogP contribution in [0, 0.1) is 23.7 Å². The summed E-state index contributed by atoms with van der Waals surface area (Å²) in [6.07, 6.45) is 8.12. The average Bonchev–Trinajstić information content (AvgIpc) is 2.54. The first-order chi connectivity index (χ1) is 8.59.